The van der Waals surface area contributed by atoms with Crippen LogP contribution < -0.4 is 16.1 Å². The van der Waals surface area contributed by atoms with Gasteiger partial charge in [-0.2, -0.15) is 0 Å². The number of pyridine rings is 3. The molecule has 3 saturated heterocycles. The average Bonchev–Trinajstić information content (AvgIpc) is 3.50. The second kappa shape index (κ2) is 27.4. The van der Waals surface area contributed by atoms with Crippen LogP contribution in [0.25, 0.3) is 32.7 Å². The van der Waals surface area contributed by atoms with E-state index < -0.39 is 7.12 Å². The summed E-state index contributed by atoms with van der Waals surface area (Å²) in [6.45, 7) is 21.9. The molecule has 0 radical (unpaired) electrons. The number of piperazine rings is 2. The van der Waals surface area contributed by atoms with Crippen molar-refractivity contribution in [3.8, 4) is 0 Å². The van der Waals surface area contributed by atoms with Gasteiger partial charge in [0, 0.05) is 90.6 Å². The molecule has 6 heterocycles. The maximum atomic E-state index is 6.34. The Kier molecular flexibility index (Phi) is 23.8. The number of hydrogen-bond acceptors (Lipinski definition) is 11. The van der Waals surface area contributed by atoms with Crippen LogP contribution in [0.15, 0.2) is 105 Å². The quantitative estimate of drug-likeness (QED) is 0.0738. The molecule has 0 atom stereocenters. The molecule has 0 saturated carbocycles. The summed E-state index contributed by atoms with van der Waals surface area (Å²) in [4.78, 5) is 23.7. The zero-order valence-corrected chi connectivity index (χ0v) is 43.0. The summed E-state index contributed by atoms with van der Waals surface area (Å²) in [7, 11) is 4.00. The third kappa shape index (κ3) is 15.9. The number of benzene rings is 3. The van der Waals surface area contributed by atoms with Crippen LogP contribution in [-0.2, 0) is 9.31 Å². The molecule has 0 aliphatic carbocycles. The fraction of sp³-hybridized carbons (Fsp3) is 0.491. The molecule has 0 unspecified atom stereocenters. The lowest BCUT2D eigenvalue weighted by atomic mass is 9.77. The summed E-state index contributed by atoms with van der Waals surface area (Å²) in [5.41, 5.74) is 3.31. The van der Waals surface area contributed by atoms with Crippen molar-refractivity contribution >= 4 is 105 Å². The molecule has 15 heteroatoms. The average molecular weight is 1120 g/mol. The van der Waals surface area contributed by atoms with E-state index in [0.717, 1.165) is 129 Å². The Bertz CT molecular complexity index is 2450. The van der Waals surface area contributed by atoms with Crippen molar-refractivity contribution in [2.24, 2.45) is 0 Å². The van der Waals surface area contributed by atoms with Crippen molar-refractivity contribution in [2.45, 2.75) is 81.4 Å². The van der Waals surface area contributed by atoms with Crippen molar-refractivity contribution in [3.63, 3.8) is 0 Å². The molecule has 0 bridgehead atoms. The van der Waals surface area contributed by atoms with Gasteiger partial charge in [-0.25, -0.2) is 15.0 Å². The van der Waals surface area contributed by atoms with Crippen molar-refractivity contribution in [2.75, 3.05) is 103 Å². The minimum Gasteiger partial charge on any atom is -0.399 e. The molecule has 3 aliphatic rings. The zero-order valence-electron chi connectivity index (χ0n) is 38.2. The third-order valence-electron chi connectivity index (χ3n) is 12.7. The number of likely N-dealkylation sites (N-methyl/N-ethyl adjacent to an activating group) is 2. The van der Waals surface area contributed by atoms with Crippen molar-refractivity contribution < 1.29 is 9.31 Å². The highest BCUT2D eigenvalue weighted by atomic mass is 79.9. The summed E-state index contributed by atoms with van der Waals surface area (Å²) in [6.07, 6.45) is 2.25. The lowest BCUT2D eigenvalue weighted by Crippen LogP contribution is -2.44. The van der Waals surface area contributed by atoms with Crippen LogP contribution in [0.1, 0.15) is 70.2 Å². The number of fused-ring (bicyclic) bond motifs is 3. The summed E-state index contributed by atoms with van der Waals surface area (Å²) in [5, 5.41) is 10.4. The van der Waals surface area contributed by atoms with Gasteiger partial charge in [0.05, 0.1) is 27.8 Å². The largest absolute Gasteiger partial charge is 0.495 e. The van der Waals surface area contributed by atoms with E-state index in [1.807, 2.05) is 54.6 Å². The minimum atomic E-state index is -0.395. The Morgan fingerprint density at radius 2 is 0.912 bits per heavy atom. The van der Waals surface area contributed by atoms with Gasteiger partial charge < -0.3 is 39.5 Å². The molecule has 2 N–H and O–H groups in total. The molecule has 9 rings (SSSR count). The summed E-state index contributed by atoms with van der Waals surface area (Å²) < 4.78 is 15.7. The van der Waals surface area contributed by atoms with Crippen molar-refractivity contribution in [1.29, 1.82) is 0 Å². The molecule has 6 aromatic rings. The molecule has 3 aromatic carbocycles. The van der Waals surface area contributed by atoms with Gasteiger partial charge in [-0.05, 0) is 157 Å². The van der Waals surface area contributed by atoms with Crippen LogP contribution in [0.5, 0.6) is 0 Å². The standard InChI is InChI=1S/C23H35BN4O2.C17H23BrN4.C9H5Br2N.4CH4/c1-22(2)23(3,4)30-24(29-22)19-17-21(26-20-10-7-6-9-18(19)20)25-11-8-12-28-15-13-27(5)14-16-28;1-21-9-11-22(12-10-21)8-4-7-19-17-13-15(18)14-5-2-3-6-16(14)20-17;10-7-5-9(11)12-8-4-2-1-3-6(7)8;;;;/h6-7,9-10,17H,8,11-16H2,1-5H3,(H,25,26);2-3,5-6,13H,4,7-12H2,1H3,(H,19,20);1-5H;4*1H4. The van der Waals surface area contributed by atoms with Gasteiger partial charge in [-0.15, -0.1) is 0 Å². The van der Waals surface area contributed by atoms with Crippen LogP contribution in [0.2, 0.25) is 0 Å². The predicted octanol–water partition coefficient (Wildman–Crippen LogP) is 11.9. The molecule has 68 heavy (non-hydrogen) atoms. The van der Waals surface area contributed by atoms with Crippen LogP contribution >= 0.6 is 47.8 Å². The predicted molar refractivity (Wildman–Crippen MR) is 305 cm³/mol. The molecule has 11 nitrogen and oxygen atoms in total. The van der Waals surface area contributed by atoms with E-state index in [4.69, 9.17) is 14.3 Å². The van der Waals surface area contributed by atoms with Gasteiger partial charge in [-0.3, -0.25) is 0 Å². The lowest BCUT2D eigenvalue weighted by Gasteiger charge is -2.32. The summed E-state index contributed by atoms with van der Waals surface area (Å²) in [5.74, 6) is 1.83. The van der Waals surface area contributed by atoms with E-state index in [9.17, 15) is 0 Å². The molecular weight excluding hydrogens is 1050 g/mol. The highest BCUT2D eigenvalue weighted by molar-refractivity contribution is 9.11. The van der Waals surface area contributed by atoms with Crippen molar-refractivity contribution in [1.82, 2.24) is 34.6 Å². The van der Waals surface area contributed by atoms with E-state index in [-0.39, 0.29) is 40.9 Å². The van der Waals surface area contributed by atoms with Gasteiger partial charge in [0.15, 0.2) is 0 Å². The molecule has 3 aliphatic heterocycles. The number of nitrogens with one attached hydrogen (secondary N) is 2. The van der Waals surface area contributed by atoms with Crippen molar-refractivity contribution in [3.05, 3.63) is 105 Å². The Hall–Kier alpha value is -3.25. The minimum absolute atomic E-state index is 0. The van der Waals surface area contributed by atoms with Gasteiger partial charge in [-0.1, -0.05) is 84.3 Å². The second-order valence-corrected chi connectivity index (χ2v) is 20.5. The first-order chi connectivity index (χ1) is 30.7. The summed E-state index contributed by atoms with van der Waals surface area (Å²) in [6, 6.07) is 30.6. The number of hydrogen-bond donors (Lipinski definition) is 2. The fourth-order valence-electron chi connectivity index (χ4n) is 7.97. The fourth-order valence-corrected chi connectivity index (χ4v) is 9.80. The normalized spacial score (nSPS) is 17.0. The number of rotatable bonds is 11. The van der Waals surface area contributed by atoms with E-state index in [0.29, 0.717) is 0 Å². The van der Waals surface area contributed by atoms with Crippen LogP contribution in [0.4, 0.5) is 11.6 Å². The number of aromatic nitrogens is 3. The first kappa shape index (κ1) is 59.1. The maximum Gasteiger partial charge on any atom is 0.495 e. The first-order valence-electron chi connectivity index (χ1n) is 22.6. The molecule has 372 valence electrons. The Balaban J connectivity index is 0.000000284. The van der Waals surface area contributed by atoms with E-state index in [2.05, 4.69) is 166 Å². The smallest absolute Gasteiger partial charge is 0.399 e. The number of halogens is 3. The third-order valence-corrected chi connectivity index (χ3v) is 14.4. The van der Waals surface area contributed by atoms with Crippen LogP contribution in [0, 0.1) is 0 Å². The maximum absolute atomic E-state index is 6.34. The Morgan fingerprint density at radius 3 is 1.38 bits per heavy atom. The molecule has 0 amide bonds. The van der Waals surface area contributed by atoms with Gasteiger partial charge in [0.1, 0.15) is 16.2 Å². The van der Waals surface area contributed by atoms with Crippen LogP contribution in [0.3, 0.4) is 0 Å². The highest BCUT2D eigenvalue weighted by Gasteiger charge is 2.52. The van der Waals surface area contributed by atoms with Gasteiger partial charge >= 0.3 is 7.12 Å². The monoisotopic (exact) mass is 1120 g/mol. The lowest BCUT2D eigenvalue weighted by molar-refractivity contribution is 0.00578. The highest BCUT2D eigenvalue weighted by Crippen LogP contribution is 2.37. The SMILES string of the molecule is Brc1cc(Br)c2ccccc2n1.C.C.C.C.CN1CCN(CCCNc2cc(B3OC(C)(C)C(C)(C)O3)c3ccccc3n2)CC1.CN1CCN(CCCNc2cc(Br)c3ccccc3n2)CC1. The van der Waals surface area contributed by atoms with E-state index in [1.165, 1.54) is 26.2 Å². The molecule has 3 aromatic heterocycles. The Labute approximate surface area is 435 Å². The summed E-state index contributed by atoms with van der Waals surface area (Å²) >= 11 is 10.5. The Morgan fingerprint density at radius 1 is 0.529 bits per heavy atom. The topological polar surface area (TPSA) is 94.2 Å². The second-order valence-electron chi connectivity index (χ2n) is 18.0. The molecular formula is C53H79BBr3N9O2. The van der Waals surface area contributed by atoms with Crippen LogP contribution in [-0.4, -0.2) is 146 Å². The molecule has 0 spiro atoms. The van der Waals surface area contributed by atoms with Gasteiger partial charge in [0.2, 0.25) is 0 Å². The van der Waals surface area contributed by atoms with Gasteiger partial charge in [0.25, 0.3) is 0 Å². The number of nitrogens with zero attached hydrogens (tertiary/aromatic N) is 7. The number of anilines is 2. The van der Waals surface area contributed by atoms with E-state index in [1.54, 1.807) is 0 Å². The number of para-hydroxylation sites is 3. The molecule has 3 fully saturated rings. The zero-order chi connectivity index (χ0) is 45.3. The first-order valence-corrected chi connectivity index (χ1v) is 24.9. The van der Waals surface area contributed by atoms with E-state index >= 15 is 0 Å².